The van der Waals surface area contributed by atoms with Crippen molar-refractivity contribution in [1.29, 1.82) is 0 Å². The molecule has 0 aliphatic carbocycles. The predicted molar refractivity (Wildman–Crippen MR) is 70.7 cm³/mol. The van der Waals surface area contributed by atoms with Gasteiger partial charge in [0.15, 0.2) is 0 Å². The largest absolute Gasteiger partial charge is 0.496 e. The molecular formula is C14H21NO3. The lowest BCUT2D eigenvalue weighted by molar-refractivity contribution is -0.144. The minimum absolute atomic E-state index is 0.222. The van der Waals surface area contributed by atoms with Crippen LogP contribution in [0.15, 0.2) is 24.3 Å². The van der Waals surface area contributed by atoms with Crippen LogP contribution in [0.3, 0.4) is 0 Å². The molecule has 0 saturated carbocycles. The summed E-state index contributed by atoms with van der Waals surface area (Å²) in [5.74, 6) is 0.541. The number of rotatable bonds is 6. The summed E-state index contributed by atoms with van der Waals surface area (Å²) in [7, 11) is 3.45. The Morgan fingerprint density at radius 3 is 2.61 bits per heavy atom. The fourth-order valence-corrected chi connectivity index (χ4v) is 1.92. The molecule has 0 heterocycles. The van der Waals surface area contributed by atoms with E-state index in [1.54, 1.807) is 14.0 Å². The molecule has 1 unspecified atom stereocenters. The molecule has 0 bridgehead atoms. The van der Waals surface area contributed by atoms with E-state index in [9.17, 15) is 4.79 Å². The molecule has 18 heavy (non-hydrogen) atoms. The Hall–Kier alpha value is -1.55. The zero-order valence-electron chi connectivity index (χ0n) is 11.4. The molecule has 1 aromatic carbocycles. The molecule has 0 aliphatic heterocycles. The predicted octanol–water partition coefficient (Wildman–Crippen LogP) is 2.08. The van der Waals surface area contributed by atoms with Crippen molar-refractivity contribution >= 4 is 5.97 Å². The van der Waals surface area contributed by atoms with Crippen molar-refractivity contribution in [2.75, 3.05) is 20.8 Å². The second-order valence-electron chi connectivity index (χ2n) is 4.26. The van der Waals surface area contributed by atoms with Crippen LogP contribution in [-0.2, 0) is 15.1 Å². The monoisotopic (exact) mass is 251 g/mol. The second kappa shape index (κ2) is 6.40. The fourth-order valence-electron chi connectivity index (χ4n) is 1.92. The quantitative estimate of drug-likeness (QED) is 0.786. The van der Waals surface area contributed by atoms with Gasteiger partial charge in [0.05, 0.1) is 25.7 Å². The first-order valence-corrected chi connectivity index (χ1v) is 6.05. The number of nitrogens with one attached hydrogen (secondary N) is 1. The highest BCUT2D eigenvalue weighted by Crippen LogP contribution is 2.32. The van der Waals surface area contributed by atoms with E-state index in [1.807, 2.05) is 38.2 Å². The van der Waals surface area contributed by atoms with Gasteiger partial charge in [0.2, 0.25) is 0 Å². The molecule has 100 valence electrons. The van der Waals surface area contributed by atoms with Crippen LogP contribution >= 0.6 is 0 Å². The van der Waals surface area contributed by atoms with Crippen LogP contribution in [0.4, 0.5) is 0 Å². The van der Waals surface area contributed by atoms with Gasteiger partial charge in [-0.25, -0.2) is 0 Å². The van der Waals surface area contributed by atoms with Gasteiger partial charge in [-0.3, -0.25) is 4.79 Å². The number of methoxy groups -OCH3 is 1. The molecule has 1 rings (SSSR count). The molecule has 4 nitrogen and oxygen atoms in total. The van der Waals surface area contributed by atoms with E-state index in [1.165, 1.54) is 0 Å². The van der Waals surface area contributed by atoms with Gasteiger partial charge in [-0.2, -0.15) is 0 Å². The van der Waals surface area contributed by atoms with Crippen LogP contribution in [0.2, 0.25) is 0 Å². The number of hydrogen-bond acceptors (Lipinski definition) is 4. The molecular weight excluding hydrogens is 230 g/mol. The molecule has 0 saturated heterocycles. The normalized spacial score (nSPS) is 13.8. The van der Waals surface area contributed by atoms with Crippen LogP contribution in [-0.4, -0.2) is 26.7 Å². The van der Waals surface area contributed by atoms with Crippen LogP contribution in [0.25, 0.3) is 0 Å². The topological polar surface area (TPSA) is 47.6 Å². The van der Waals surface area contributed by atoms with Gasteiger partial charge >= 0.3 is 5.97 Å². The number of hydrogen-bond donors (Lipinski definition) is 1. The summed E-state index contributed by atoms with van der Waals surface area (Å²) < 4.78 is 10.4. The third-order valence-corrected chi connectivity index (χ3v) is 3.06. The first-order valence-electron chi connectivity index (χ1n) is 6.05. The van der Waals surface area contributed by atoms with Crippen molar-refractivity contribution in [3.8, 4) is 5.75 Å². The van der Waals surface area contributed by atoms with Crippen molar-refractivity contribution in [3.05, 3.63) is 29.8 Å². The van der Waals surface area contributed by atoms with Crippen molar-refractivity contribution in [2.24, 2.45) is 0 Å². The van der Waals surface area contributed by atoms with Crippen molar-refractivity contribution in [2.45, 2.75) is 25.8 Å². The van der Waals surface area contributed by atoms with Crippen LogP contribution in [0.1, 0.15) is 25.8 Å². The number of carbonyl (C=O) groups excluding carboxylic acids is 1. The SMILES string of the molecule is CCOC(=O)CC(C)(NC)c1ccccc1OC. The Morgan fingerprint density at radius 2 is 2.06 bits per heavy atom. The van der Waals surface area contributed by atoms with E-state index in [4.69, 9.17) is 9.47 Å². The minimum atomic E-state index is -0.501. The highest BCUT2D eigenvalue weighted by atomic mass is 16.5. The maximum absolute atomic E-state index is 11.7. The second-order valence-corrected chi connectivity index (χ2v) is 4.26. The molecule has 0 radical (unpaired) electrons. The Balaban J connectivity index is 3.02. The molecule has 1 N–H and O–H groups in total. The molecule has 0 fully saturated rings. The number of para-hydroxylation sites is 1. The van der Waals surface area contributed by atoms with Crippen LogP contribution in [0, 0.1) is 0 Å². The van der Waals surface area contributed by atoms with E-state index < -0.39 is 5.54 Å². The molecule has 4 heteroatoms. The van der Waals surface area contributed by atoms with Gasteiger partial charge in [-0.1, -0.05) is 18.2 Å². The Morgan fingerprint density at radius 1 is 1.39 bits per heavy atom. The summed E-state index contributed by atoms with van der Waals surface area (Å²) in [6.07, 6.45) is 0.262. The number of carbonyl (C=O) groups is 1. The van der Waals surface area contributed by atoms with Crippen molar-refractivity contribution in [3.63, 3.8) is 0 Å². The van der Waals surface area contributed by atoms with E-state index in [0.29, 0.717) is 6.61 Å². The zero-order valence-corrected chi connectivity index (χ0v) is 11.4. The van der Waals surface area contributed by atoms with Gasteiger partial charge in [0, 0.05) is 5.56 Å². The lowest BCUT2D eigenvalue weighted by Gasteiger charge is -2.30. The lowest BCUT2D eigenvalue weighted by atomic mass is 9.88. The lowest BCUT2D eigenvalue weighted by Crippen LogP contribution is -2.39. The standard InChI is InChI=1S/C14H21NO3/c1-5-18-13(16)10-14(2,15-3)11-8-6-7-9-12(11)17-4/h6-9,15H,5,10H2,1-4H3. The summed E-state index contributed by atoms with van der Waals surface area (Å²) in [4.78, 5) is 11.7. The van der Waals surface area contributed by atoms with Crippen molar-refractivity contribution < 1.29 is 14.3 Å². The highest BCUT2D eigenvalue weighted by Gasteiger charge is 2.31. The van der Waals surface area contributed by atoms with E-state index in [-0.39, 0.29) is 12.4 Å². The van der Waals surface area contributed by atoms with Crippen LogP contribution < -0.4 is 10.1 Å². The summed E-state index contributed by atoms with van der Waals surface area (Å²) >= 11 is 0. The Labute approximate surface area is 108 Å². The van der Waals surface area contributed by atoms with Crippen LogP contribution in [0.5, 0.6) is 5.75 Å². The molecule has 0 aromatic heterocycles. The van der Waals surface area contributed by atoms with Gasteiger partial charge in [-0.15, -0.1) is 0 Å². The third-order valence-electron chi connectivity index (χ3n) is 3.06. The summed E-state index contributed by atoms with van der Waals surface area (Å²) in [5, 5.41) is 3.18. The van der Waals surface area contributed by atoms with Gasteiger partial charge < -0.3 is 14.8 Å². The summed E-state index contributed by atoms with van der Waals surface area (Å²) in [6, 6.07) is 7.67. The molecule has 0 aliphatic rings. The third kappa shape index (κ3) is 3.23. The number of benzene rings is 1. The van der Waals surface area contributed by atoms with E-state index in [2.05, 4.69) is 5.32 Å². The fraction of sp³-hybridized carbons (Fsp3) is 0.500. The molecule has 0 spiro atoms. The average molecular weight is 251 g/mol. The van der Waals surface area contributed by atoms with Gasteiger partial charge in [0.1, 0.15) is 5.75 Å². The molecule has 1 aromatic rings. The maximum atomic E-state index is 11.7. The first kappa shape index (κ1) is 14.5. The zero-order chi connectivity index (χ0) is 13.6. The Bertz CT molecular complexity index is 406. The van der Waals surface area contributed by atoms with Crippen molar-refractivity contribution in [1.82, 2.24) is 5.32 Å². The van der Waals surface area contributed by atoms with Gasteiger partial charge in [-0.05, 0) is 27.0 Å². The minimum Gasteiger partial charge on any atom is -0.496 e. The average Bonchev–Trinajstić information content (AvgIpc) is 2.38. The smallest absolute Gasteiger partial charge is 0.307 e. The summed E-state index contributed by atoms with van der Waals surface area (Å²) in [5.41, 5.74) is 0.446. The maximum Gasteiger partial charge on any atom is 0.307 e. The highest BCUT2D eigenvalue weighted by molar-refractivity contribution is 5.71. The first-order chi connectivity index (χ1) is 8.57. The van der Waals surface area contributed by atoms with E-state index in [0.717, 1.165) is 11.3 Å². The summed E-state index contributed by atoms with van der Waals surface area (Å²) in [6.45, 7) is 4.16. The molecule has 0 amide bonds. The van der Waals surface area contributed by atoms with Gasteiger partial charge in [0.25, 0.3) is 0 Å². The Kier molecular flexibility index (Phi) is 5.16. The number of ether oxygens (including phenoxy) is 2. The molecule has 1 atom stereocenters. The van der Waals surface area contributed by atoms with E-state index >= 15 is 0 Å². The number of esters is 1.